The second kappa shape index (κ2) is 31.5. The molecule has 0 radical (unpaired) electrons. The third-order valence-corrected chi connectivity index (χ3v) is 23.4. The minimum atomic E-state index is -3.30. The van der Waals surface area contributed by atoms with E-state index in [0.717, 1.165) is 130 Å². The fraction of sp³-hybridized carbons (Fsp3) is 0.640. The van der Waals surface area contributed by atoms with Crippen molar-refractivity contribution in [3.63, 3.8) is 0 Å². The number of rotatable bonds is 34. The molecule has 4 aliphatic carbocycles. The molecule has 16 nitrogen and oxygen atoms in total. The number of quaternary nitrogens is 2. The van der Waals surface area contributed by atoms with Crippen LogP contribution in [0, 0.1) is 48.3 Å². The van der Waals surface area contributed by atoms with E-state index in [2.05, 4.69) is 69.4 Å². The third kappa shape index (κ3) is 17.8. The molecule has 8 rings (SSSR count). The fourth-order valence-electron chi connectivity index (χ4n) is 16.4. The maximum atomic E-state index is 14.8. The second-order valence-corrected chi connectivity index (χ2v) is 31.8. The molecular weight excluding hydrogens is 1180 g/mol. The van der Waals surface area contributed by atoms with Crippen LogP contribution in [-0.2, 0) is 35.6 Å². The molecule has 5 unspecified atom stereocenters. The topological polar surface area (TPSA) is 195 Å². The predicted molar refractivity (Wildman–Crippen MR) is 365 cm³/mol. The number of carbonyl (C=O) groups excluding carboxylic acids is 6. The predicted octanol–water partition coefficient (Wildman–Crippen LogP) is 11.9. The zero-order valence-corrected chi connectivity index (χ0v) is 58.5. The van der Waals surface area contributed by atoms with Crippen LogP contribution in [-0.4, -0.2) is 144 Å². The van der Waals surface area contributed by atoms with Gasteiger partial charge in [-0.1, -0.05) is 58.2 Å². The number of pyridine rings is 1. The normalized spacial score (nSPS) is 22.1. The summed E-state index contributed by atoms with van der Waals surface area (Å²) in [7, 11) is 3.28. The Morgan fingerprint density at radius 1 is 0.696 bits per heavy atom. The first kappa shape index (κ1) is 71.8. The Hall–Kier alpha value is -6.04. The quantitative estimate of drug-likeness (QED) is 0.0101. The van der Waals surface area contributed by atoms with Gasteiger partial charge in [0.2, 0.25) is 22.8 Å². The molecule has 92 heavy (non-hydrogen) atoms. The largest absolute Gasteiger partial charge is 0.491 e. The van der Waals surface area contributed by atoms with E-state index in [1.165, 1.54) is 5.57 Å². The van der Waals surface area contributed by atoms with Crippen LogP contribution >= 0.6 is 0 Å². The van der Waals surface area contributed by atoms with Crippen molar-refractivity contribution >= 4 is 66.9 Å². The average Bonchev–Trinajstić information content (AvgIpc) is 1.27. The number of ether oxygens (including phenoxy) is 2. The smallest absolute Gasteiger partial charge is 0.345 e. The van der Waals surface area contributed by atoms with Gasteiger partial charge in [-0.2, -0.15) is 4.57 Å². The number of ketones is 2. The van der Waals surface area contributed by atoms with Gasteiger partial charge < -0.3 is 34.4 Å². The highest BCUT2D eigenvalue weighted by atomic mass is 32.2. The summed E-state index contributed by atoms with van der Waals surface area (Å²) in [5.41, 5.74) is 4.68. The molecule has 4 aromatic rings. The minimum absolute atomic E-state index is 0.0103. The average molecular weight is 1290 g/mol. The first-order chi connectivity index (χ1) is 43.7. The van der Waals surface area contributed by atoms with Crippen LogP contribution in [0.5, 0.6) is 11.5 Å². The van der Waals surface area contributed by atoms with Gasteiger partial charge in [-0.05, 0) is 162 Å². The van der Waals surface area contributed by atoms with E-state index in [-0.39, 0.29) is 64.8 Å². The number of amides is 3. The number of allylic oxidation sites excluding steroid dienone is 1. The summed E-state index contributed by atoms with van der Waals surface area (Å²) in [6.45, 7) is 23.0. The van der Waals surface area contributed by atoms with E-state index in [9.17, 15) is 37.2 Å². The second-order valence-electron chi connectivity index (χ2n) is 29.5. The maximum absolute atomic E-state index is 14.8. The molecule has 3 aromatic carbocycles. The molecule has 0 aliphatic heterocycles. The molecule has 0 bridgehead atoms. The van der Waals surface area contributed by atoms with Crippen LogP contribution in [0.4, 0.5) is 0 Å². The van der Waals surface area contributed by atoms with E-state index in [4.69, 9.17) is 9.47 Å². The molecule has 1 heterocycles. The Kier molecular flexibility index (Phi) is 24.6. The van der Waals surface area contributed by atoms with E-state index in [0.29, 0.717) is 132 Å². The number of aromatic nitrogens is 1. The number of sulfone groups is 1. The monoisotopic (exact) mass is 1290 g/mol. The lowest BCUT2D eigenvalue weighted by molar-refractivity contribution is -0.910. The number of nitrogens with zero attached hydrogens (tertiary/aromatic N) is 3. The number of Topliss-reactive ketones (excluding diaryl/α,β-unsaturated/α-hetero) is 1. The van der Waals surface area contributed by atoms with Crippen molar-refractivity contribution in [2.75, 3.05) is 85.0 Å². The lowest BCUT2D eigenvalue weighted by Gasteiger charge is -2.59. The summed E-state index contributed by atoms with van der Waals surface area (Å²) in [6, 6.07) is 16.8. The van der Waals surface area contributed by atoms with Crippen molar-refractivity contribution in [2.45, 2.75) is 190 Å². The Bertz CT molecular complexity index is 3450. The molecule has 1 aromatic heterocycles. The lowest BCUT2D eigenvalue weighted by Crippen LogP contribution is -2.54. The van der Waals surface area contributed by atoms with Gasteiger partial charge >= 0.3 is 5.97 Å². The Labute approximate surface area is 549 Å². The number of para-hydroxylation sites is 1. The van der Waals surface area contributed by atoms with Crippen molar-refractivity contribution in [3.05, 3.63) is 88.5 Å². The standard InChI is InChI=1S/C75H108N6O10S/c1-12-14-40-80(9,10)41-22-46-92(88,89)45-21-39-79-64-24-17-16-23-60(64)70(61-51-59(90-52(3)4)27-29-65(61)79)73(87)91-71-53(5)47-56(48-54(71)6)72(86)78-37-20-44-81(11,42-15-13-2)43-19-36-76-67(84)25-18-26-68(85)77-38-33-55-49-57-50-58(82)31-34-74(57,7)63-32-35-75(8)62(69(55)63)28-30-66(75)83/h16-17,23-24,27,29,47-48,50-52,55,62-63,69H,12-15,18-22,25-26,28,30-46,49H2,1-11H3/p+3/t55?,62?,63?,69?,74-,75-,81?/m0/s1. The zero-order chi connectivity index (χ0) is 66.6. The summed E-state index contributed by atoms with van der Waals surface area (Å²) in [6.07, 6.45) is 16.5. The molecule has 504 valence electrons. The van der Waals surface area contributed by atoms with Crippen LogP contribution in [0.15, 0.2) is 66.2 Å². The number of carbonyl (C=O) groups is 6. The van der Waals surface area contributed by atoms with Gasteiger partial charge in [0, 0.05) is 94.1 Å². The van der Waals surface area contributed by atoms with E-state index in [1.807, 2.05) is 76.2 Å². The van der Waals surface area contributed by atoms with E-state index < -0.39 is 15.8 Å². The van der Waals surface area contributed by atoms with Crippen molar-refractivity contribution in [1.82, 2.24) is 16.0 Å². The van der Waals surface area contributed by atoms with Gasteiger partial charge in [0.25, 0.3) is 5.91 Å². The van der Waals surface area contributed by atoms with Crippen molar-refractivity contribution in [2.24, 2.45) is 34.5 Å². The molecular formula is C75H111N6O10S+3. The summed E-state index contributed by atoms with van der Waals surface area (Å²) in [5, 5.41) is 10.7. The highest BCUT2D eigenvalue weighted by Crippen LogP contribution is 2.66. The number of esters is 1. The number of hydrogen-bond donors (Lipinski definition) is 3. The van der Waals surface area contributed by atoms with Crippen LogP contribution in [0.3, 0.4) is 0 Å². The van der Waals surface area contributed by atoms with Crippen molar-refractivity contribution < 1.29 is 60.2 Å². The highest BCUT2D eigenvalue weighted by Gasteiger charge is 2.61. The maximum Gasteiger partial charge on any atom is 0.345 e. The Balaban J connectivity index is 0.795. The van der Waals surface area contributed by atoms with Crippen LogP contribution in [0.1, 0.15) is 195 Å². The van der Waals surface area contributed by atoms with Gasteiger partial charge in [-0.15, -0.1) is 0 Å². The first-order valence-corrected chi connectivity index (χ1v) is 36.9. The molecule has 3 N–H and O–H groups in total. The molecule has 3 amide bonds. The highest BCUT2D eigenvalue weighted by molar-refractivity contribution is 7.91. The molecule has 17 heteroatoms. The molecule has 0 spiro atoms. The summed E-state index contributed by atoms with van der Waals surface area (Å²) >= 11 is 0. The van der Waals surface area contributed by atoms with Crippen LogP contribution < -0.4 is 30.0 Å². The lowest BCUT2D eigenvalue weighted by atomic mass is 9.45. The van der Waals surface area contributed by atoms with Gasteiger partial charge in [0.05, 0.1) is 87.8 Å². The summed E-state index contributed by atoms with van der Waals surface area (Å²) in [5.74, 6) is 2.49. The van der Waals surface area contributed by atoms with E-state index in [1.54, 1.807) is 12.1 Å². The van der Waals surface area contributed by atoms with Crippen molar-refractivity contribution in [3.8, 4) is 11.5 Å². The van der Waals surface area contributed by atoms with Gasteiger partial charge in [0.1, 0.15) is 17.3 Å². The van der Waals surface area contributed by atoms with Crippen LogP contribution in [0.2, 0.25) is 0 Å². The van der Waals surface area contributed by atoms with Gasteiger partial charge in [0.15, 0.2) is 22.2 Å². The number of hydrogen-bond acceptors (Lipinski definition) is 10. The molecule has 3 fully saturated rings. The van der Waals surface area contributed by atoms with E-state index >= 15 is 0 Å². The molecule has 4 aliphatic rings. The van der Waals surface area contributed by atoms with Gasteiger partial charge in [-0.25, -0.2) is 13.2 Å². The van der Waals surface area contributed by atoms with Crippen LogP contribution in [0.25, 0.3) is 21.8 Å². The molecule has 3 saturated carbocycles. The molecule has 0 saturated heterocycles. The Morgan fingerprint density at radius 2 is 1.32 bits per heavy atom. The fourth-order valence-corrected chi connectivity index (χ4v) is 17.7. The third-order valence-electron chi connectivity index (χ3n) is 21.6. The first-order valence-electron chi connectivity index (χ1n) is 35.0. The SMILES string of the molecule is CCCC[N+](C)(C)CCCS(=O)(=O)CCC[n+]1c2ccccc2c(C(=O)Oc2c(C)cc(C(=O)NCCC[N+](C)(CCCC)CCCNC(=O)CCCC(=O)NCCC3CC4=CC(=O)CC[C@]4(C)C4CC[C@]5(C)C(=O)CCC5C34)cc2C)c2cc(OC(C)C)ccc21. The number of nitrogens with one attached hydrogen (secondary N) is 3. The number of fused-ring (bicyclic) bond motifs is 7. The summed E-state index contributed by atoms with van der Waals surface area (Å²) in [4.78, 5) is 80.5. The number of benzene rings is 3. The van der Waals surface area contributed by atoms with Crippen molar-refractivity contribution in [1.29, 1.82) is 0 Å². The number of aryl methyl sites for hydroxylation is 3. The summed E-state index contributed by atoms with van der Waals surface area (Å²) < 4.78 is 43.0. The Morgan fingerprint density at radius 3 is 2.01 bits per heavy atom. The van der Waals surface area contributed by atoms with Gasteiger partial charge in [-0.3, -0.25) is 24.0 Å². The number of unbranched alkanes of at least 4 members (excludes halogenated alkanes) is 2. The zero-order valence-electron chi connectivity index (χ0n) is 57.7. The molecule has 7 atom stereocenters. The minimum Gasteiger partial charge on any atom is -0.491 e.